The van der Waals surface area contributed by atoms with Crippen LogP contribution in [0.2, 0.25) is 10.2 Å². The Morgan fingerprint density at radius 1 is 1.14 bits per heavy atom. The molecule has 1 aromatic carbocycles. The Morgan fingerprint density at radius 2 is 2.03 bits per heavy atom. The summed E-state index contributed by atoms with van der Waals surface area (Å²) in [5.74, 6) is 1.72. The summed E-state index contributed by atoms with van der Waals surface area (Å²) >= 11 is 12.0. The number of nitrogen functional groups attached to an aromatic ring is 1. The number of hydrogen-bond acceptors (Lipinski definition) is 8. The summed E-state index contributed by atoms with van der Waals surface area (Å²) in [5, 5.41) is 4.97. The van der Waals surface area contributed by atoms with Crippen LogP contribution in [-0.4, -0.2) is 30.8 Å². The van der Waals surface area contributed by atoms with Crippen LogP contribution in [0.25, 0.3) is 22.5 Å². The second kappa shape index (κ2) is 9.79. The van der Waals surface area contributed by atoms with Gasteiger partial charge in [0.25, 0.3) is 0 Å². The molecular formula is C22H16Cl2I2N9O-. The van der Waals surface area contributed by atoms with E-state index in [2.05, 4.69) is 26.4 Å². The first-order valence-corrected chi connectivity index (χ1v) is 19.7. The molecule has 14 heteroatoms. The molecule has 0 saturated carbocycles. The van der Waals surface area contributed by atoms with Gasteiger partial charge in [-0.3, -0.25) is 0 Å². The molecule has 10 nitrogen and oxygen atoms in total. The number of rotatable bonds is 4. The molecule has 0 radical (unpaired) electrons. The van der Waals surface area contributed by atoms with E-state index in [1.807, 2.05) is 18.2 Å². The van der Waals surface area contributed by atoms with Gasteiger partial charge < -0.3 is 5.73 Å². The molecule has 2 aliphatic heterocycles. The van der Waals surface area contributed by atoms with Crippen LogP contribution in [0.5, 0.6) is 0 Å². The van der Waals surface area contributed by atoms with Crippen molar-refractivity contribution in [2.24, 2.45) is 8.36 Å². The monoisotopic (exact) mass is 746 g/mol. The Labute approximate surface area is 231 Å². The number of imidazole rings is 1. The van der Waals surface area contributed by atoms with Gasteiger partial charge in [0.05, 0.1) is 0 Å². The summed E-state index contributed by atoms with van der Waals surface area (Å²) in [4.78, 5) is 30.2. The summed E-state index contributed by atoms with van der Waals surface area (Å²) in [5.41, 5.74) is 9.33. The number of benzene rings is 1. The topological polar surface area (TPSA) is 130 Å². The van der Waals surface area contributed by atoms with Crippen LogP contribution in [0, 0.1) is 0 Å². The van der Waals surface area contributed by atoms with Gasteiger partial charge in [-0.15, -0.1) is 0 Å². The number of nitrogens with two attached hydrogens (primary N) is 1. The number of hydrogen-bond donors (Lipinski definition) is 2. The van der Waals surface area contributed by atoms with Crippen molar-refractivity contribution in [1.82, 2.24) is 24.5 Å². The van der Waals surface area contributed by atoms with E-state index >= 15 is 0 Å². The normalized spacial score (nSPS) is 16.9. The average Bonchev–Trinajstić information content (AvgIpc) is 3.52. The van der Waals surface area contributed by atoms with Gasteiger partial charge >= 0.3 is 188 Å². The SMILES string of the molecule is Nc1ccc(-c2cnc([C@@H]3CCc4nc(-c5cc(Cl)ccc5N5C=NN=I[I-]5)cc(=O)n43)[nH]2)c(Cl)n1. The zero-order valence-electron chi connectivity index (χ0n) is 18.2. The van der Waals surface area contributed by atoms with Crippen LogP contribution in [0.1, 0.15) is 24.1 Å². The molecule has 5 heterocycles. The number of aromatic nitrogens is 5. The second-order valence-corrected chi connectivity index (χ2v) is 15.9. The second-order valence-electron chi connectivity index (χ2n) is 7.98. The third-order valence-corrected chi connectivity index (χ3v) is 12.9. The van der Waals surface area contributed by atoms with Crippen LogP contribution in [0.4, 0.5) is 11.5 Å². The van der Waals surface area contributed by atoms with E-state index in [9.17, 15) is 4.79 Å². The minimum Gasteiger partial charge on any atom is -0.219 e. The van der Waals surface area contributed by atoms with Gasteiger partial charge in [0.2, 0.25) is 0 Å². The molecule has 2 aliphatic rings. The van der Waals surface area contributed by atoms with Crippen LogP contribution >= 0.6 is 40.3 Å². The number of nitrogens with one attached hydrogen (secondary N) is 1. The first kappa shape index (κ1) is 23.9. The fourth-order valence-corrected chi connectivity index (χ4v) is 10.2. The van der Waals surface area contributed by atoms with Crippen molar-refractivity contribution in [3.05, 3.63) is 74.8 Å². The number of anilines is 2. The minimum atomic E-state index is -0.290. The summed E-state index contributed by atoms with van der Waals surface area (Å²) in [7, 11) is 0. The van der Waals surface area contributed by atoms with Crippen molar-refractivity contribution < 1.29 is 17.5 Å². The first-order chi connectivity index (χ1) is 17.5. The molecule has 6 rings (SSSR count). The van der Waals surface area contributed by atoms with Gasteiger partial charge in [-0.25, -0.2) is 4.98 Å². The Hall–Kier alpha value is -2.43. The quantitative estimate of drug-likeness (QED) is 0.187. The Balaban J connectivity index is 1.37. The molecule has 0 amide bonds. The smallest absolute Gasteiger partial charge is 0.140 e. The van der Waals surface area contributed by atoms with Crippen molar-refractivity contribution in [2.45, 2.75) is 18.9 Å². The van der Waals surface area contributed by atoms with Crippen molar-refractivity contribution >= 4 is 58.1 Å². The third kappa shape index (κ3) is 4.43. The molecule has 0 fully saturated rings. The molecule has 0 aliphatic carbocycles. The van der Waals surface area contributed by atoms with E-state index in [0.717, 1.165) is 11.3 Å². The Morgan fingerprint density at radius 3 is 2.83 bits per heavy atom. The number of fused-ring (bicyclic) bond motifs is 1. The number of pyridine rings is 1. The van der Waals surface area contributed by atoms with Crippen LogP contribution in [0.3, 0.4) is 0 Å². The summed E-state index contributed by atoms with van der Waals surface area (Å²) in [6.45, 7) is 0. The van der Waals surface area contributed by atoms with Crippen LogP contribution in [0.15, 0.2) is 55.7 Å². The summed E-state index contributed by atoms with van der Waals surface area (Å²) in [6, 6.07) is 10.4. The zero-order valence-corrected chi connectivity index (χ0v) is 24.1. The average molecular weight is 747 g/mol. The largest absolute Gasteiger partial charge is 0.219 e. The molecule has 184 valence electrons. The molecular weight excluding hydrogens is 731 g/mol. The molecule has 0 spiro atoms. The van der Waals surface area contributed by atoms with E-state index in [0.29, 0.717) is 52.3 Å². The van der Waals surface area contributed by atoms with Crippen LogP contribution in [-0.2, 0) is 6.42 Å². The van der Waals surface area contributed by atoms with Crippen molar-refractivity contribution in [2.75, 3.05) is 8.85 Å². The third-order valence-electron chi connectivity index (χ3n) is 5.84. The molecule has 3 N–H and O–H groups in total. The maximum Gasteiger partial charge on any atom is 0.140 e. The fraction of sp³-hybridized carbons (Fsp3) is 0.136. The van der Waals surface area contributed by atoms with Crippen molar-refractivity contribution in [1.29, 1.82) is 0 Å². The number of nitrogens with zero attached hydrogens (tertiary/aromatic N) is 7. The van der Waals surface area contributed by atoms with Gasteiger partial charge in [-0.2, -0.15) is 0 Å². The van der Waals surface area contributed by atoms with Gasteiger partial charge in [0.15, 0.2) is 0 Å². The molecule has 1 atom stereocenters. The van der Waals surface area contributed by atoms with Gasteiger partial charge in [0, 0.05) is 0 Å². The van der Waals surface area contributed by atoms with E-state index in [1.54, 1.807) is 35.3 Å². The molecule has 36 heavy (non-hydrogen) atoms. The van der Waals surface area contributed by atoms with Crippen LogP contribution < -0.4 is 31.9 Å². The first-order valence-electron chi connectivity index (χ1n) is 10.7. The molecule has 0 bridgehead atoms. The van der Waals surface area contributed by atoms with Crippen molar-refractivity contribution in [3.63, 3.8) is 0 Å². The predicted molar refractivity (Wildman–Crippen MR) is 144 cm³/mol. The van der Waals surface area contributed by atoms with E-state index < -0.39 is 0 Å². The van der Waals surface area contributed by atoms with E-state index in [1.165, 1.54) is 0 Å². The fourth-order valence-electron chi connectivity index (χ4n) is 4.27. The van der Waals surface area contributed by atoms with Gasteiger partial charge in [0.1, 0.15) is 11.0 Å². The van der Waals surface area contributed by atoms with E-state index in [-0.39, 0.29) is 51.3 Å². The van der Waals surface area contributed by atoms with Crippen molar-refractivity contribution in [3.8, 4) is 22.5 Å². The van der Waals surface area contributed by atoms with Gasteiger partial charge in [-0.05, 0) is 12.1 Å². The minimum absolute atomic E-state index is 0.141. The van der Waals surface area contributed by atoms with Gasteiger partial charge in [-0.1, -0.05) is 11.6 Å². The standard InChI is InChI=1S/C22H16Cl2I2N9O/c23-11-1-3-16(34-10-29-33-25-26-34)13(7-11)14-8-20(36)35-17(4-6-19(35)30-14)22-28-9-15(31-22)12-2-5-18(27)32-21(12)24/h1-3,5,7-10,17H,4,6H2,(H2,27,32)(H,28,31)/q-1/t17-/m0/s1. The Bertz CT molecular complexity index is 1620. The maximum atomic E-state index is 13.4. The summed E-state index contributed by atoms with van der Waals surface area (Å²) in [6.07, 6.45) is 4.78. The summed E-state index contributed by atoms with van der Waals surface area (Å²) < 4.78 is 8.02. The predicted octanol–water partition coefficient (Wildman–Crippen LogP) is 1.96. The molecule has 0 saturated heterocycles. The molecule has 4 aromatic rings. The Kier molecular flexibility index (Phi) is 6.51. The van der Waals surface area contributed by atoms with E-state index in [4.69, 9.17) is 33.9 Å². The number of H-pyrrole nitrogens is 1. The zero-order chi connectivity index (χ0) is 24.8. The number of halogens is 4. The molecule has 3 aromatic heterocycles. The maximum absolute atomic E-state index is 13.4. The number of aryl methyl sites for hydroxylation is 1. The number of aromatic amines is 1. The molecule has 0 unspecified atom stereocenters.